The van der Waals surface area contributed by atoms with E-state index in [1.807, 2.05) is 0 Å². The first-order valence-corrected chi connectivity index (χ1v) is 7.69. The number of rotatable bonds is 2. The predicted octanol–water partition coefficient (Wildman–Crippen LogP) is 4.33. The Morgan fingerprint density at radius 1 is 1.28 bits per heavy atom. The van der Waals surface area contributed by atoms with Gasteiger partial charge in [-0.15, -0.1) is 35.1 Å². The van der Waals surface area contributed by atoms with Crippen LogP contribution in [-0.4, -0.2) is 4.98 Å². The topological polar surface area (TPSA) is 38.9 Å². The number of aryl methyl sites for hydroxylation is 1. The quantitative estimate of drug-likeness (QED) is 0.896. The molecule has 0 amide bonds. The first-order chi connectivity index (χ1) is 8.17. The van der Waals surface area contributed by atoms with E-state index in [0.29, 0.717) is 0 Å². The summed E-state index contributed by atoms with van der Waals surface area (Å²) in [7, 11) is 0. The Kier molecular flexibility index (Phi) is 4.11. The zero-order valence-corrected chi connectivity index (χ0v) is 12.8. The van der Waals surface area contributed by atoms with E-state index in [2.05, 4.69) is 24.4 Å². The van der Waals surface area contributed by atoms with Crippen molar-refractivity contribution in [3.63, 3.8) is 0 Å². The number of nitrogens with two attached hydrogens (primary N) is 1. The maximum atomic E-state index is 6.43. The van der Waals surface area contributed by atoms with Crippen LogP contribution in [-0.2, 0) is 5.54 Å². The van der Waals surface area contributed by atoms with Gasteiger partial charge in [0.15, 0.2) is 0 Å². The van der Waals surface area contributed by atoms with Crippen molar-refractivity contribution in [1.29, 1.82) is 0 Å². The van der Waals surface area contributed by atoms with Crippen LogP contribution in [0.1, 0.15) is 35.6 Å². The van der Waals surface area contributed by atoms with E-state index < -0.39 is 0 Å². The van der Waals surface area contributed by atoms with E-state index in [-0.39, 0.29) is 17.9 Å². The lowest BCUT2D eigenvalue weighted by atomic mass is 10.0. The van der Waals surface area contributed by atoms with E-state index in [4.69, 9.17) is 10.7 Å². The molecular weight excluding hydrogens is 284 g/mol. The van der Waals surface area contributed by atoms with Gasteiger partial charge in [0.25, 0.3) is 0 Å². The fraction of sp³-hybridized carbons (Fsp3) is 0.462. The second kappa shape index (κ2) is 5.29. The Labute approximate surface area is 122 Å². The number of halogens is 1. The summed E-state index contributed by atoms with van der Waals surface area (Å²) in [4.78, 5) is 7.34. The molecule has 1 aliphatic rings. The van der Waals surface area contributed by atoms with Crippen LogP contribution in [0.5, 0.6) is 0 Å². The molecule has 0 bridgehead atoms. The van der Waals surface area contributed by atoms with Gasteiger partial charge in [-0.05, 0) is 31.9 Å². The van der Waals surface area contributed by atoms with Crippen LogP contribution in [0.4, 0.5) is 0 Å². The van der Waals surface area contributed by atoms with Gasteiger partial charge in [-0.1, -0.05) is 12.8 Å². The number of hydrogen-bond acceptors (Lipinski definition) is 4. The summed E-state index contributed by atoms with van der Waals surface area (Å²) in [6, 6.07) is 4.30. The average molecular weight is 301 g/mol. The molecule has 0 saturated heterocycles. The Morgan fingerprint density at radius 2 is 2.00 bits per heavy atom. The van der Waals surface area contributed by atoms with Crippen LogP contribution in [0.25, 0.3) is 10.6 Å². The number of nitrogens with zero attached hydrogens (tertiary/aromatic N) is 1. The highest BCUT2D eigenvalue weighted by Crippen LogP contribution is 2.39. The second-order valence-electron chi connectivity index (χ2n) is 4.81. The summed E-state index contributed by atoms with van der Waals surface area (Å²) in [6.07, 6.45) is 4.65. The summed E-state index contributed by atoms with van der Waals surface area (Å²) in [5, 5.41) is 3.27. The molecule has 3 rings (SSSR count). The molecule has 0 spiro atoms. The van der Waals surface area contributed by atoms with Crippen molar-refractivity contribution in [2.45, 2.75) is 38.1 Å². The number of aromatic nitrogens is 1. The summed E-state index contributed by atoms with van der Waals surface area (Å²) < 4.78 is 0. The fourth-order valence-corrected chi connectivity index (χ4v) is 4.30. The van der Waals surface area contributed by atoms with Crippen molar-refractivity contribution in [3.05, 3.63) is 27.4 Å². The predicted molar refractivity (Wildman–Crippen MR) is 81.7 cm³/mol. The molecule has 2 N–H and O–H groups in total. The van der Waals surface area contributed by atoms with Gasteiger partial charge in [0.1, 0.15) is 5.01 Å². The van der Waals surface area contributed by atoms with Crippen LogP contribution in [0.3, 0.4) is 0 Å². The van der Waals surface area contributed by atoms with Crippen LogP contribution >= 0.6 is 35.1 Å². The normalized spacial score (nSPS) is 17.7. The monoisotopic (exact) mass is 300 g/mol. The van der Waals surface area contributed by atoms with Gasteiger partial charge in [0.05, 0.1) is 16.1 Å². The molecular formula is C13H17ClN2S2. The molecule has 18 heavy (non-hydrogen) atoms. The molecule has 0 atom stereocenters. The molecule has 0 unspecified atom stereocenters. The third kappa shape index (κ3) is 2.48. The summed E-state index contributed by atoms with van der Waals surface area (Å²) in [5.74, 6) is 0. The summed E-state index contributed by atoms with van der Waals surface area (Å²) in [5.41, 5.74) is 7.38. The van der Waals surface area contributed by atoms with Gasteiger partial charge in [-0.3, -0.25) is 0 Å². The standard InChI is InChI=1S/C13H16N2S2.ClH/c1-9-4-5-11(17-9)10-8-16-12(15-10)13(14)6-2-3-7-13;/h4-5,8H,2-3,6-7,14H2,1H3;1H. The molecule has 2 heterocycles. The zero-order chi connectivity index (χ0) is 11.9. The van der Waals surface area contributed by atoms with Crippen LogP contribution in [0.2, 0.25) is 0 Å². The minimum atomic E-state index is -0.144. The average Bonchev–Trinajstić information content (AvgIpc) is 2.96. The van der Waals surface area contributed by atoms with Crippen molar-refractivity contribution < 1.29 is 0 Å². The first kappa shape index (κ1) is 14.0. The summed E-state index contributed by atoms with van der Waals surface area (Å²) in [6.45, 7) is 2.13. The van der Waals surface area contributed by atoms with Gasteiger partial charge < -0.3 is 5.73 Å². The summed E-state index contributed by atoms with van der Waals surface area (Å²) >= 11 is 3.52. The molecule has 2 aromatic heterocycles. The Balaban J connectivity index is 0.00000120. The Bertz CT molecular complexity index is 527. The van der Waals surface area contributed by atoms with E-state index in [1.54, 1.807) is 22.7 Å². The molecule has 1 aliphatic carbocycles. The van der Waals surface area contributed by atoms with E-state index in [1.165, 1.54) is 22.6 Å². The molecule has 5 heteroatoms. The minimum absolute atomic E-state index is 0. The van der Waals surface area contributed by atoms with Crippen molar-refractivity contribution in [1.82, 2.24) is 4.98 Å². The molecule has 0 aliphatic heterocycles. The molecule has 2 nitrogen and oxygen atoms in total. The third-order valence-electron chi connectivity index (χ3n) is 3.42. The van der Waals surface area contributed by atoms with E-state index >= 15 is 0 Å². The highest BCUT2D eigenvalue weighted by molar-refractivity contribution is 7.16. The highest BCUT2D eigenvalue weighted by atomic mass is 35.5. The Morgan fingerprint density at radius 3 is 2.61 bits per heavy atom. The van der Waals surface area contributed by atoms with Crippen molar-refractivity contribution in [2.75, 3.05) is 0 Å². The van der Waals surface area contributed by atoms with Crippen LogP contribution in [0, 0.1) is 6.92 Å². The van der Waals surface area contributed by atoms with Crippen molar-refractivity contribution in [2.24, 2.45) is 5.73 Å². The van der Waals surface area contributed by atoms with Gasteiger partial charge in [-0.25, -0.2) is 4.98 Å². The maximum absolute atomic E-state index is 6.43. The number of hydrogen-bond donors (Lipinski definition) is 1. The minimum Gasteiger partial charge on any atom is -0.319 e. The lowest BCUT2D eigenvalue weighted by molar-refractivity contribution is 0.459. The lowest BCUT2D eigenvalue weighted by Crippen LogP contribution is -2.32. The van der Waals surface area contributed by atoms with Crippen molar-refractivity contribution >= 4 is 35.1 Å². The maximum Gasteiger partial charge on any atom is 0.113 e. The molecule has 1 saturated carbocycles. The lowest BCUT2D eigenvalue weighted by Gasteiger charge is -2.19. The van der Waals surface area contributed by atoms with Gasteiger partial charge in [-0.2, -0.15) is 0 Å². The van der Waals surface area contributed by atoms with Crippen molar-refractivity contribution in [3.8, 4) is 10.6 Å². The molecule has 2 aromatic rings. The fourth-order valence-electron chi connectivity index (χ4n) is 2.41. The van der Waals surface area contributed by atoms with Crippen LogP contribution in [0.15, 0.2) is 17.5 Å². The molecule has 0 aromatic carbocycles. The zero-order valence-electron chi connectivity index (χ0n) is 10.3. The Hall–Kier alpha value is -0.420. The van der Waals surface area contributed by atoms with E-state index in [0.717, 1.165) is 23.5 Å². The van der Waals surface area contributed by atoms with Gasteiger partial charge >= 0.3 is 0 Å². The smallest absolute Gasteiger partial charge is 0.113 e. The third-order valence-corrected chi connectivity index (χ3v) is 5.50. The largest absolute Gasteiger partial charge is 0.319 e. The second-order valence-corrected chi connectivity index (χ2v) is 6.96. The highest BCUT2D eigenvalue weighted by Gasteiger charge is 2.34. The molecule has 0 radical (unpaired) electrons. The molecule has 1 fully saturated rings. The first-order valence-electron chi connectivity index (χ1n) is 5.99. The van der Waals surface area contributed by atoms with E-state index in [9.17, 15) is 0 Å². The SMILES string of the molecule is Cc1ccc(-c2csc(C3(N)CCCC3)n2)s1.Cl. The molecule has 98 valence electrons. The number of thiazole rings is 1. The van der Waals surface area contributed by atoms with Gasteiger partial charge in [0, 0.05) is 10.3 Å². The van der Waals surface area contributed by atoms with Gasteiger partial charge in [0.2, 0.25) is 0 Å². The number of thiophene rings is 1. The van der Waals surface area contributed by atoms with Crippen LogP contribution < -0.4 is 5.73 Å².